The van der Waals surface area contributed by atoms with Crippen LogP contribution in [0.25, 0.3) is 0 Å². The fourth-order valence-corrected chi connectivity index (χ4v) is 1.73. The Morgan fingerprint density at radius 1 is 1.22 bits per heavy atom. The van der Waals surface area contributed by atoms with Crippen LogP contribution in [-0.4, -0.2) is 32.0 Å². The van der Waals surface area contributed by atoms with Crippen LogP contribution in [0.3, 0.4) is 0 Å². The number of amides is 1. The SMILES string of the molecule is COC(=O)NNCC(=O)Sc1ccc(OC)cc1. The van der Waals surface area contributed by atoms with Gasteiger partial charge >= 0.3 is 6.09 Å². The number of methoxy groups -OCH3 is 2. The van der Waals surface area contributed by atoms with Crippen molar-refractivity contribution in [2.75, 3.05) is 20.8 Å². The van der Waals surface area contributed by atoms with Crippen LogP contribution < -0.4 is 15.6 Å². The monoisotopic (exact) mass is 270 g/mol. The summed E-state index contributed by atoms with van der Waals surface area (Å²) < 4.78 is 9.34. The molecule has 6 nitrogen and oxygen atoms in total. The normalized spacial score (nSPS) is 9.67. The third-order valence-corrected chi connectivity index (χ3v) is 2.78. The van der Waals surface area contributed by atoms with Gasteiger partial charge < -0.3 is 9.47 Å². The van der Waals surface area contributed by atoms with E-state index in [-0.39, 0.29) is 11.7 Å². The second-order valence-corrected chi connectivity index (χ2v) is 4.25. The van der Waals surface area contributed by atoms with Crippen LogP contribution in [0, 0.1) is 0 Å². The lowest BCUT2D eigenvalue weighted by Gasteiger charge is -2.05. The van der Waals surface area contributed by atoms with Crippen LogP contribution in [-0.2, 0) is 9.53 Å². The number of benzene rings is 1. The van der Waals surface area contributed by atoms with Crippen LogP contribution in [0.2, 0.25) is 0 Å². The van der Waals surface area contributed by atoms with Gasteiger partial charge in [-0.25, -0.2) is 10.2 Å². The third-order valence-electron chi connectivity index (χ3n) is 1.90. The van der Waals surface area contributed by atoms with Crippen molar-refractivity contribution in [3.63, 3.8) is 0 Å². The van der Waals surface area contributed by atoms with E-state index in [2.05, 4.69) is 15.6 Å². The first kappa shape index (κ1) is 14.3. The molecule has 0 aliphatic rings. The predicted octanol–water partition coefficient (Wildman–Crippen LogP) is 1.17. The molecule has 0 bridgehead atoms. The number of rotatable bonds is 5. The molecule has 0 unspecified atom stereocenters. The molecule has 1 rings (SSSR count). The average Bonchev–Trinajstić information content (AvgIpc) is 2.39. The summed E-state index contributed by atoms with van der Waals surface area (Å²) in [7, 11) is 2.82. The molecule has 1 aromatic carbocycles. The van der Waals surface area contributed by atoms with E-state index < -0.39 is 6.09 Å². The zero-order valence-electron chi connectivity index (χ0n) is 10.1. The van der Waals surface area contributed by atoms with Crippen molar-refractivity contribution in [2.45, 2.75) is 4.90 Å². The standard InChI is InChI=1S/C11H14N2O4S/c1-16-8-3-5-9(6-4-8)18-10(14)7-12-13-11(15)17-2/h3-6,12H,7H2,1-2H3,(H,13,15). The summed E-state index contributed by atoms with van der Waals surface area (Å²) in [6.45, 7) is 0.00575. The summed E-state index contributed by atoms with van der Waals surface area (Å²) in [5.74, 6) is 0.734. The molecule has 18 heavy (non-hydrogen) atoms. The Balaban J connectivity index is 2.32. The van der Waals surface area contributed by atoms with E-state index in [0.29, 0.717) is 0 Å². The first-order valence-corrected chi connectivity index (χ1v) is 5.89. The number of hydrogen-bond donors (Lipinski definition) is 2. The number of thioether (sulfide) groups is 1. The van der Waals surface area contributed by atoms with Crippen LogP contribution in [0.15, 0.2) is 29.2 Å². The number of nitrogens with one attached hydrogen (secondary N) is 2. The maximum Gasteiger partial charge on any atom is 0.421 e. The largest absolute Gasteiger partial charge is 0.497 e. The van der Waals surface area contributed by atoms with E-state index in [1.807, 2.05) is 0 Å². The minimum Gasteiger partial charge on any atom is -0.497 e. The number of carbonyl (C=O) groups excluding carboxylic acids is 2. The summed E-state index contributed by atoms with van der Waals surface area (Å²) in [4.78, 5) is 23.0. The Morgan fingerprint density at radius 3 is 2.44 bits per heavy atom. The summed E-state index contributed by atoms with van der Waals surface area (Å²) in [5.41, 5.74) is 4.66. The number of ether oxygens (including phenoxy) is 2. The molecule has 0 aliphatic heterocycles. The predicted molar refractivity (Wildman–Crippen MR) is 67.4 cm³/mol. The third kappa shape index (κ3) is 5.07. The van der Waals surface area contributed by atoms with E-state index in [1.165, 1.54) is 7.11 Å². The highest BCUT2D eigenvalue weighted by Crippen LogP contribution is 2.21. The Bertz CT molecular complexity index is 408. The van der Waals surface area contributed by atoms with Gasteiger partial charge in [-0.05, 0) is 24.3 Å². The Labute approximate surface area is 109 Å². The van der Waals surface area contributed by atoms with Crippen molar-refractivity contribution in [3.8, 4) is 5.75 Å². The van der Waals surface area contributed by atoms with Gasteiger partial charge in [0, 0.05) is 4.90 Å². The average molecular weight is 270 g/mol. The van der Waals surface area contributed by atoms with Gasteiger partial charge in [-0.1, -0.05) is 11.8 Å². The lowest BCUT2D eigenvalue weighted by atomic mass is 10.3. The summed E-state index contributed by atoms with van der Waals surface area (Å²) in [6.07, 6.45) is -0.641. The second kappa shape index (κ2) is 7.57. The molecule has 98 valence electrons. The smallest absolute Gasteiger partial charge is 0.421 e. The number of hydrogen-bond acceptors (Lipinski definition) is 6. The molecule has 0 heterocycles. The van der Waals surface area contributed by atoms with Gasteiger partial charge in [-0.15, -0.1) is 0 Å². The highest BCUT2D eigenvalue weighted by atomic mass is 32.2. The highest BCUT2D eigenvalue weighted by Gasteiger charge is 2.05. The van der Waals surface area contributed by atoms with Crippen molar-refractivity contribution >= 4 is 23.0 Å². The lowest BCUT2D eigenvalue weighted by molar-refractivity contribution is -0.110. The van der Waals surface area contributed by atoms with E-state index in [4.69, 9.17) is 4.74 Å². The zero-order valence-corrected chi connectivity index (χ0v) is 10.9. The molecule has 0 radical (unpaired) electrons. The maximum atomic E-state index is 11.5. The molecule has 7 heteroatoms. The van der Waals surface area contributed by atoms with Crippen LogP contribution >= 0.6 is 11.8 Å². The van der Waals surface area contributed by atoms with Gasteiger partial charge in [0.15, 0.2) is 0 Å². The topological polar surface area (TPSA) is 76.7 Å². The molecule has 0 fully saturated rings. The van der Waals surface area contributed by atoms with Crippen molar-refractivity contribution in [3.05, 3.63) is 24.3 Å². The van der Waals surface area contributed by atoms with E-state index in [1.54, 1.807) is 31.4 Å². The fraction of sp³-hybridized carbons (Fsp3) is 0.273. The minimum absolute atomic E-state index is 0.00575. The Morgan fingerprint density at radius 2 is 1.89 bits per heavy atom. The molecule has 0 aliphatic carbocycles. The van der Waals surface area contributed by atoms with E-state index in [9.17, 15) is 9.59 Å². The summed E-state index contributed by atoms with van der Waals surface area (Å²) in [5, 5.41) is -0.128. The van der Waals surface area contributed by atoms with Crippen molar-refractivity contribution in [2.24, 2.45) is 0 Å². The van der Waals surface area contributed by atoms with Crippen LogP contribution in [0.5, 0.6) is 5.75 Å². The molecule has 0 aromatic heterocycles. The number of hydrazine groups is 1. The lowest BCUT2D eigenvalue weighted by Crippen LogP contribution is -2.39. The molecule has 0 spiro atoms. The quantitative estimate of drug-likeness (QED) is 0.618. The molecule has 1 amide bonds. The van der Waals surface area contributed by atoms with E-state index in [0.717, 1.165) is 22.4 Å². The van der Waals surface area contributed by atoms with Gasteiger partial charge in [0.25, 0.3) is 0 Å². The minimum atomic E-state index is -0.641. The molecule has 0 saturated heterocycles. The van der Waals surface area contributed by atoms with Gasteiger partial charge in [0.05, 0.1) is 20.8 Å². The van der Waals surface area contributed by atoms with Crippen LogP contribution in [0.4, 0.5) is 4.79 Å². The Hall–Kier alpha value is -1.73. The highest BCUT2D eigenvalue weighted by molar-refractivity contribution is 8.13. The second-order valence-electron chi connectivity index (χ2n) is 3.12. The number of carbonyl (C=O) groups is 2. The van der Waals surface area contributed by atoms with Crippen molar-refractivity contribution in [1.29, 1.82) is 0 Å². The maximum absolute atomic E-state index is 11.5. The van der Waals surface area contributed by atoms with Gasteiger partial charge in [-0.2, -0.15) is 0 Å². The molecule has 2 N–H and O–H groups in total. The van der Waals surface area contributed by atoms with Crippen molar-refractivity contribution < 1.29 is 19.1 Å². The molecule has 0 atom stereocenters. The van der Waals surface area contributed by atoms with E-state index >= 15 is 0 Å². The Kier molecular flexibility index (Phi) is 6.03. The first-order valence-electron chi connectivity index (χ1n) is 5.07. The van der Waals surface area contributed by atoms with Crippen molar-refractivity contribution in [1.82, 2.24) is 10.9 Å². The first-order chi connectivity index (χ1) is 8.65. The summed E-state index contributed by atoms with van der Waals surface area (Å²) in [6, 6.07) is 7.12. The van der Waals surface area contributed by atoms with Gasteiger partial charge in [-0.3, -0.25) is 10.2 Å². The van der Waals surface area contributed by atoms with Gasteiger partial charge in [0.1, 0.15) is 5.75 Å². The molecular weight excluding hydrogens is 256 g/mol. The molecular formula is C11H14N2O4S. The molecule has 0 saturated carbocycles. The fourth-order valence-electron chi connectivity index (χ4n) is 1.05. The van der Waals surface area contributed by atoms with Crippen LogP contribution in [0.1, 0.15) is 0 Å². The summed E-state index contributed by atoms with van der Waals surface area (Å²) >= 11 is 1.07. The van der Waals surface area contributed by atoms with Gasteiger partial charge in [0.2, 0.25) is 5.12 Å². The zero-order chi connectivity index (χ0) is 13.4. The molecule has 1 aromatic rings.